The summed E-state index contributed by atoms with van der Waals surface area (Å²) in [4.78, 5) is 2.17. The molecule has 2 heteroatoms. The molecule has 1 nitrogen and oxygen atoms in total. The van der Waals surface area contributed by atoms with Crippen LogP contribution in [0.4, 0.5) is 0 Å². The van der Waals surface area contributed by atoms with Crippen molar-refractivity contribution < 1.29 is 0 Å². The molecule has 0 N–H and O–H groups in total. The zero-order valence-corrected chi connectivity index (χ0v) is 9.96. The molecular formula is C13H16ClN. The number of allylic oxidation sites excluding steroid dienone is 3. The van der Waals surface area contributed by atoms with Gasteiger partial charge < -0.3 is 4.90 Å². The highest BCUT2D eigenvalue weighted by molar-refractivity contribution is 6.30. The van der Waals surface area contributed by atoms with Crippen LogP contribution in [0.5, 0.6) is 0 Å². The Morgan fingerprint density at radius 3 is 2.53 bits per heavy atom. The number of hydrogen-bond donors (Lipinski definition) is 0. The predicted molar refractivity (Wildman–Crippen MR) is 66.9 cm³/mol. The molecule has 80 valence electrons. The SMILES string of the molecule is C=C/C=C(\C)N(C)Cc1ccc(Cl)cc1. The smallest absolute Gasteiger partial charge is 0.0423 e. The third kappa shape index (κ3) is 3.80. The van der Waals surface area contributed by atoms with E-state index in [-0.39, 0.29) is 0 Å². The minimum Gasteiger partial charge on any atom is -0.374 e. The molecule has 0 aromatic heterocycles. The van der Waals surface area contributed by atoms with Crippen molar-refractivity contribution in [1.29, 1.82) is 0 Å². The van der Waals surface area contributed by atoms with Crippen molar-refractivity contribution in [1.82, 2.24) is 4.90 Å². The highest BCUT2D eigenvalue weighted by Crippen LogP contribution is 2.12. The van der Waals surface area contributed by atoms with Crippen LogP contribution < -0.4 is 0 Å². The van der Waals surface area contributed by atoms with Crippen LogP contribution in [0.1, 0.15) is 12.5 Å². The molecule has 15 heavy (non-hydrogen) atoms. The van der Waals surface area contributed by atoms with Crippen molar-refractivity contribution >= 4 is 11.6 Å². The Morgan fingerprint density at radius 2 is 2.00 bits per heavy atom. The highest BCUT2D eigenvalue weighted by atomic mass is 35.5. The monoisotopic (exact) mass is 221 g/mol. The first-order valence-electron chi connectivity index (χ1n) is 4.88. The summed E-state index contributed by atoms with van der Waals surface area (Å²) in [5.41, 5.74) is 2.44. The Bertz CT molecular complexity index is 351. The zero-order valence-electron chi connectivity index (χ0n) is 9.20. The van der Waals surface area contributed by atoms with Gasteiger partial charge in [0.15, 0.2) is 0 Å². The van der Waals surface area contributed by atoms with Crippen molar-refractivity contribution in [2.75, 3.05) is 7.05 Å². The zero-order chi connectivity index (χ0) is 11.3. The molecule has 1 aromatic carbocycles. The Balaban J connectivity index is 2.66. The highest BCUT2D eigenvalue weighted by Gasteiger charge is 1.99. The fourth-order valence-electron chi connectivity index (χ4n) is 1.29. The van der Waals surface area contributed by atoms with E-state index in [1.54, 1.807) is 6.08 Å². The van der Waals surface area contributed by atoms with Crippen LogP contribution in [0.15, 0.2) is 48.7 Å². The summed E-state index contributed by atoms with van der Waals surface area (Å²) in [7, 11) is 2.06. The van der Waals surface area contributed by atoms with Crippen LogP contribution in [-0.2, 0) is 6.54 Å². The lowest BCUT2D eigenvalue weighted by Gasteiger charge is -2.19. The molecule has 0 spiro atoms. The lowest BCUT2D eigenvalue weighted by molar-refractivity contribution is 0.412. The van der Waals surface area contributed by atoms with Crippen LogP contribution in [0.25, 0.3) is 0 Å². The lowest BCUT2D eigenvalue weighted by atomic mass is 10.2. The van der Waals surface area contributed by atoms with Gasteiger partial charge in [-0.05, 0) is 30.7 Å². The maximum atomic E-state index is 5.82. The topological polar surface area (TPSA) is 3.24 Å². The average Bonchev–Trinajstić information content (AvgIpc) is 2.22. The van der Waals surface area contributed by atoms with E-state index < -0.39 is 0 Å². The second-order valence-corrected chi connectivity index (χ2v) is 3.96. The van der Waals surface area contributed by atoms with Gasteiger partial charge in [0.1, 0.15) is 0 Å². The van der Waals surface area contributed by atoms with Crippen molar-refractivity contribution in [2.24, 2.45) is 0 Å². The average molecular weight is 222 g/mol. The molecule has 0 atom stereocenters. The number of rotatable bonds is 4. The first-order chi connectivity index (χ1) is 7.13. The molecular weight excluding hydrogens is 206 g/mol. The molecule has 0 aliphatic carbocycles. The first kappa shape index (κ1) is 11.9. The largest absolute Gasteiger partial charge is 0.374 e. The third-order valence-electron chi connectivity index (χ3n) is 2.29. The van der Waals surface area contributed by atoms with Crippen LogP contribution in [0, 0.1) is 0 Å². The van der Waals surface area contributed by atoms with Gasteiger partial charge in [-0.2, -0.15) is 0 Å². The molecule has 1 aromatic rings. The van der Waals surface area contributed by atoms with Gasteiger partial charge in [0.05, 0.1) is 0 Å². The summed E-state index contributed by atoms with van der Waals surface area (Å²) in [6, 6.07) is 7.91. The van der Waals surface area contributed by atoms with Gasteiger partial charge in [-0.15, -0.1) is 0 Å². The Kier molecular flexibility index (Phi) is 4.44. The van der Waals surface area contributed by atoms with E-state index >= 15 is 0 Å². The van der Waals surface area contributed by atoms with Gasteiger partial charge in [-0.25, -0.2) is 0 Å². The summed E-state index contributed by atoms with van der Waals surface area (Å²) in [6.45, 7) is 6.63. The van der Waals surface area contributed by atoms with Gasteiger partial charge in [0, 0.05) is 24.3 Å². The van der Waals surface area contributed by atoms with E-state index in [9.17, 15) is 0 Å². The second kappa shape index (κ2) is 5.62. The minimum atomic E-state index is 0.778. The van der Waals surface area contributed by atoms with Gasteiger partial charge in [-0.3, -0.25) is 0 Å². The molecule has 0 heterocycles. The van der Waals surface area contributed by atoms with Crippen LogP contribution >= 0.6 is 11.6 Å². The van der Waals surface area contributed by atoms with Crippen LogP contribution in [0.2, 0.25) is 5.02 Å². The minimum absolute atomic E-state index is 0.778. The summed E-state index contributed by atoms with van der Waals surface area (Å²) in [5, 5.41) is 0.778. The molecule has 0 unspecified atom stereocenters. The molecule has 0 aliphatic rings. The van der Waals surface area contributed by atoms with Gasteiger partial charge in [-0.1, -0.05) is 36.4 Å². The van der Waals surface area contributed by atoms with E-state index in [1.165, 1.54) is 11.3 Å². The predicted octanol–water partition coefficient (Wildman–Crippen LogP) is 3.86. The molecule has 0 bridgehead atoms. The van der Waals surface area contributed by atoms with Gasteiger partial charge in [0.2, 0.25) is 0 Å². The Morgan fingerprint density at radius 1 is 1.40 bits per heavy atom. The van der Waals surface area contributed by atoms with Crippen molar-refractivity contribution in [3.8, 4) is 0 Å². The summed E-state index contributed by atoms with van der Waals surface area (Å²) in [5.74, 6) is 0. The van der Waals surface area contributed by atoms with Crippen LogP contribution in [0.3, 0.4) is 0 Å². The summed E-state index contributed by atoms with van der Waals surface area (Å²) >= 11 is 5.82. The van der Waals surface area contributed by atoms with Gasteiger partial charge >= 0.3 is 0 Å². The summed E-state index contributed by atoms with van der Waals surface area (Å²) < 4.78 is 0. The fourth-order valence-corrected chi connectivity index (χ4v) is 1.41. The van der Waals surface area contributed by atoms with E-state index in [1.807, 2.05) is 30.3 Å². The maximum Gasteiger partial charge on any atom is 0.0423 e. The van der Waals surface area contributed by atoms with E-state index in [4.69, 9.17) is 11.6 Å². The molecule has 0 aliphatic heterocycles. The number of benzene rings is 1. The quantitative estimate of drug-likeness (QED) is 0.698. The molecule has 1 rings (SSSR count). The van der Waals surface area contributed by atoms with E-state index in [0.29, 0.717) is 0 Å². The third-order valence-corrected chi connectivity index (χ3v) is 2.55. The number of halogens is 1. The molecule has 0 radical (unpaired) electrons. The van der Waals surface area contributed by atoms with E-state index in [2.05, 4.69) is 25.5 Å². The van der Waals surface area contributed by atoms with Crippen molar-refractivity contribution in [2.45, 2.75) is 13.5 Å². The molecule has 0 saturated heterocycles. The Hall–Kier alpha value is -1.21. The van der Waals surface area contributed by atoms with Crippen molar-refractivity contribution in [3.63, 3.8) is 0 Å². The first-order valence-corrected chi connectivity index (χ1v) is 5.26. The lowest BCUT2D eigenvalue weighted by Crippen LogP contribution is -2.15. The second-order valence-electron chi connectivity index (χ2n) is 3.53. The maximum absolute atomic E-state index is 5.82. The Labute approximate surface area is 96.7 Å². The fraction of sp³-hybridized carbons (Fsp3) is 0.231. The van der Waals surface area contributed by atoms with Crippen molar-refractivity contribution in [3.05, 3.63) is 59.3 Å². The van der Waals surface area contributed by atoms with E-state index in [0.717, 1.165) is 11.6 Å². The summed E-state index contributed by atoms with van der Waals surface area (Å²) in [6.07, 6.45) is 3.80. The van der Waals surface area contributed by atoms with Crippen LogP contribution in [-0.4, -0.2) is 11.9 Å². The standard InChI is InChI=1S/C13H16ClN/c1-4-5-11(2)15(3)10-12-6-8-13(14)9-7-12/h4-9H,1,10H2,2-3H3/b11-5+. The van der Waals surface area contributed by atoms with Gasteiger partial charge in [0.25, 0.3) is 0 Å². The molecule has 0 amide bonds. The number of hydrogen-bond acceptors (Lipinski definition) is 1. The molecule has 0 saturated carbocycles. The normalized spacial score (nSPS) is 11.3. The molecule has 0 fully saturated rings. The number of nitrogens with zero attached hydrogens (tertiary/aromatic N) is 1.